The highest BCUT2D eigenvalue weighted by Crippen LogP contribution is 2.43. The van der Waals surface area contributed by atoms with Gasteiger partial charge in [-0.1, -0.05) is 26.0 Å². The van der Waals surface area contributed by atoms with Crippen molar-refractivity contribution in [2.45, 2.75) is 51.6 Å². The Kier molecular flexibility index (Phi) is 6.61. The average Bonchev–Trinajstić information content (AvgIpc) is 3.20. The molecule has 0 radical (unpaired) electrons. The number of para-hydroxylation sites is 2. The van der Waals surface area contributed by atoms with Crippen molar-refractivity contribution < 1.29 is 22.7 Å². The second kappa shape index (κ2) is 8.81. The first kappa shape index (κ1) is 21.7. The maximum Gasteiger partial charge on any atom is 0.573 e. The highest BCUT2D eigenvalue weighted by atomic mass is 19.4. The zero-order valence-corrected chi connectivity index (χ0v) is 17.1. The van der Waals surface area contributed by atoms with E-state index in [2.05, 4.69) is 29.2 Å². The Morgan fingerprint density at radius 3 is 2.62 bits per heavy atom. The second-order valence-corrected chi connectivity index (χ2v) is 8.51. The highest BCUT2D eigenvalue weighted by Gasteiger charge is 2.44. The van der Waals surface area contributed by atoms with E-state index in [0.29, 0.717) is 30.6 Å². The van der Waals surface area contributed by atoms with E-state index in [4.69, 9.17) is 0 Å². The molecule has 2 aliphatic rings. The summed E-state index contributed by atoms with van der Waals surface area (Å²) in [6, 6.07) is 6.09. The second-order valence-electron chi connectivity index (χ2n) is 8.51. The normalized spacial score (nSPS) is 25.2. The number of likely N-dealkylation sites (N-methyl/N-ethyl adjacent to an activating group) is 1. The van der Waals surface area contributed by atoms with Crippen LogP contribution >= 0.6 is 0 Å². The fourth-order valence-corrected chi connectivity index (χ4v) is 4.68. The predicted octanol–water partition coefficient (Wildman–Crippen LogP) is 3.55. The largest absolute Gasteiger partial charge is 0.573 e. The van der Waals surface area contributed by atoms with Crippen LogP contribution in [0.4, 0.5) is 18.9 Å². The molecule has 5 nitrogen and oxygen atoms in total. The molecule has 1 saturated carbocycles. The van der Waals surface area contributed by atoms with Crippen molar-refractivity contribution in [1.29, 1.82) is 0 Å². The summed E-state index contributed by atoms with van der Waals surface area (Å²) in [5.41, 5.74) is 0.456. The number of benzene rings is 1. The summed E-state index contributed by atoms with van der Waals surface area (Å²) in [7, 11) is 1.79. The fourth-order valence-electron chi connectivity index (χ4n) is 4.68. The first-order chi connectivity index (χ1) is 13.7. The van der Waals surface area contributed by atoms with Crippen LogP contribution in [-0.2, 0) is 4.79 Å². The first-order valence-corrected chi connectivity index (χ1v) is 10.2. The van der Waals surface area contributed by atoms with Crippen molar-refractivity contribution in [3.8, 4) is 5.75 Å². The van der Waals surface area contributed by atoms with Crippen LogP contribution in [0.1, 0.15) is 33.1 Å². The van der Waals surface area contributed by atoms with Gasteiger partial charge in [0.05, 0.1) is 11.7 Å². The van der Waals surface area contributed by atoms with Crippen molar-refractivity contribution in [2.24, 2.45) is 17.8 Å². The molecule has 4 atom stereocenters. The summed E-state index contributed by atoms with van der Waals surface area (Å²) in [4.78, 5) is 14.6. The van der Waals surface area contributed by atoms with Crippen molar-refractivity contribution in [1.82, 2.24) is 10.6 Å². The SMILES string of the molecule is CN[C@@H](CC(C)C)C(=O)N[C@H]1CC[C@@H]2CN(c3ccccc3OC(F)(F)F)C[C@@H]21. The summed E-state index contributed by atoms with van der Waals surface area (Å²) in [5, 5.41) is 6.28. The van der Waals surface area contributed by atoms with Gasteiger partial charge >= 0.3 is 6.36 Å². The molecule has 0 spiro atoms. The molecular weight excluding hydrogens is 383 g/mol. The number of anilines is 1. The number of fused-ring (bicyclic) bond motifs is 1. The van der Waals surface area contributed by atoms with Gasteiger partial charge in [0.1, 0.15) is 0 Å². The maximum absolute atomic E-state index is 12.7. The molecule has 1 saturated heterocycles. The van der Waals surface area contributed by atoms with Crippen LogP contribution in [0, 0.1) is 17.8 Å². The number of nitrogens with zero attached hydrogens (tertiary/aromatic N) is 1. The molecule has 1 aliphatic heterocycles. The van der Waals surface area contributed by atoms with Gasteiger partial charge in [-0.25, -0.2) is 0 Å². The number of hydrogen-bond acceptors (Lipinski definition) is 4. The zero-order valence-electron chi connectivity index (χ0n) is 17.1. The molecule has 3 rings (SSSR count). The minimum absolute atomic E-state index is 0.00565. The van der Waals surface area contributed by atoms with Crippen molar-refractivity contribution >= 4 is 11.6 Å². The van der Waals surface area contributed by atoms with E-state index in [1.54, 1.807) is 19.2 Å². The quantitative estimate of drug-likeness (QED) is 0.718. The summed E-state index contributed by atoms with van der Waals surface area (Å²) in [5.74, 6) is 0.826. The van der Waals surface area contributed by atoms with Crippen LogP contribution in [0.3, 0.4) is 0 Å². The molecule has 0 aromatic heterocycles. The lowest BCUT2D eigenvalue weighted by atomic mass is 9.97. The van der Waals surface area contributed by atoms with Gasteiger partial charge in [0.25, 0.3) is 0 Å². The number of amides is 1. The van der Waals surface area contributed by atoms with Gasteiger partial charge in [0, 0.05) is 25.0 Å². The Morgan fingerprint density at radius 1 is 1.24 bits per heavy atom. The molecule has 0 bridgehead atoms. The number of nitrogens with one attached hydrogen (secondary N) is 2. The third-order valence-electron chi connectivity index (χ3n) is 5.99. The topological polar surface area (TPSA) is 53.6 Å². The van der Waals surface area contributed by atoms with E-state index in [9.17, 15) is 18.0 Å². The number of carbonyl (C=O) groups excluding carboxylic acids is 1. The van der Waals surface area contributed by atoms with Gasteiger partial charge in [-0.3, -0.25) is 4.79 Å². The lowest BCUT2D eigenvalue weighted by molar-refractivity contribution is -0.274. The zero-order chi connectivity index (χ0) is 21.2. The Balaban J connectivity index is 1.67. The van der Waals surface area contributed by atoms with E-state index >= 15 is 0 Å². The number of halogens is 3. The van der Waals surface area contributed by atoms with Crippen molar-refractivity contribution in [3.05, 3.63) is 24.3 Å². The van der Waals surface area contributed by atoms with Gasteiger partial charge in [-0.2, -0.15) is 0 Å². The van der Waals surface area contributed by atoms with E-state index in [1.807, 2.05) is 4.90 Å². The van der Waals surface area contributed by atoms with Crippen molar-refractivity contribution in [2.75, 3.05) is 25.0 Å². The number of alkyl halides is 3. The molecule has 1 aromatic rings. The van der Waals surface area contributed by atoms with E-state index in [1.165, 1.54) is 12.1 Å². The molecule has 29 heavy (non-hydrogen) atoms. The Morgan fingerprint density at radius 2 is 1.97 bits per heavy atom. The minimum atomic E-state index is -4.72. The minimum Gasteiger partial charge on any atom is -0.404 e. The molecule has 0 unspecified atom stereocenters. The van der Waals surface area contributed by atoms with Gasteiger partial charge in [-0.15, -0.1) is 13.2 Å². The molecular formula is C21H30F3N3O2. The highest BCUT2D eigenvalue weighted by molar-refractivity contribution is 5.82. The first-order valence-electron chi connectivity index (χ1n) is 10.2. The van der Waals surface area contributed by atoms with E-state index in [0.717, 1.165) is 19.3 Å². The Labute approximate surface area is 170 Å². The van der Waals surface area contributed by atoms with Crippen LogP contribution in [0.25, 0.3) is 0 Å². The number of ether oxygens (including phenoxy) is 1. The summed E-state index contributed by atoms with van der Waals surface area (Å²) < 4.78 is 42.5. The Hall–Kier alpha value is -1.96. The molecule has 2 N–H and O–H groups in total. The van der Waals surface area contributed by atoms with Crippen LogP contribution in [0.15, 0.2) is 24.3 Å². The lowest BCUT2D eigenvalue weighted by Gasteiger charge is -2.26. The monoisotopic (exact) mass is 413 g/mol. The number of carbonyl (C=O) groups is 1. The molecule has 8 heteroatoms. The van der Waals surface area contributed by atoms with Crippen LogP contribution in [-0.4, -0.2) is 44.5 Å². The smallest absolute Gasteiger partial charge is 0.404 e. The third kappa shape index (κ3) is 5.35. The average molecular weight is 413 g/mol. The molecule has 1 aliphatic carbocycles. The summed E-state index contributed by atoms with van der Waals surface area (Å²) in [6.07, 6.45) is -2.09. The van der Waals surface area contributed by atoms with Crippen molar-refractivity contribution in [3.63, 3.8) is 0 Å². The third-order valence-corrected chi connectivity index (χ3v) is 5.99. The molecule has 1 amide bonds. The van der Waals surface area contributed by atoms with Crippen LogP contribution < -0.4 is 20.3 Å². The summed E-state index contributed by atoms with van der Waals surface area (Å²) in [6.45, 7) is 5.45. The van der Waals surface area contributed by atoms with Gasteiger partial charge in [-0.05, 0) is 50.3 Å². The van der Waals surface area contributed by atoms with Gasteiger partial charge in [0.15, 0.2) is 5.75 Å². The molecule has 1 aromatic carbocycles. The summed E-state index contributed by atoms with van der Waals surface area (Å²) >= 11 is 0. The van der Waals surface area contributed by atoms with Crippen LogP contribution in [0.5, 0.6) is 5.75 Å². The Bertz CT molecular complexity index is 711. The van der Waals surface area contributed by atoms with Crippen LogP contribution in [0.2, 0.25) is 0 Å². The number of rotatable bonds is 7. The lowest BCUT2D eigenvalue weighted by Crippen LogP contribution is -2.49. The molecule has 162 valence electrons. The molecule has 1 heterocycles. The maximum atomic E-state index is 12.7. The fraction of sp³-hybridized carbons (Fsp3) is 0.667. The standard InChI is InChI=1S/C21H30F3N3O2/c1-13(2)10-17(25-3)20(28)26-16-9-8-14-11-27(12-15(14)16)18-6-4-5-7-19(18)29-21(22,23)24/h4-7,13-17,25H,8-12H2,1-3H3,(H,26,28)/t14-,15+,16+,17+/m1/s1. The van der Waals surface area contributed by atoms with Gasteiger partial charge in [0.2, 0.25) is 5.91 Å². The van der Waals surface area contributed by atoms with Gasteiger partial charge < -0.3 is 20.3 Å². The predicted molar refractivity (Wildman–Crippen MR) is 106 cm³/mol. The molecule has 2 fully saturated rings. The van der Waals surface area contributed by atoms with E-state index < -0.39 is 6.36 Å². The number of hydrogen-bond donors (Lipinski definition) is 2. The van der Waals surface area contributed by atoms with E-state index in [-0.39, 0.29) is 29.7 Å².